The van der Waals surface area contributed by atoms with Crippen molar-refractivity contribution in [2.24, 2.45) is 0 Å². The molecular weight excluding hydrogens is 318 g/mol. The van der Waals surface area contributed by atoms with Crippen molar-refractivity contribution in [2.75, 3.05) is 6.54 Å². The van der Waals surface area contributed by atoms with Crippen molar-refractivity contribution in [3.8, 4) is 11.5 Å². The average Bonchev–Trinajstić information content (AvgIpc) is 3.30. The molecular formula is C18H21N5S. The highest BCUT2D eigenvalue weighted by Crippen LogP contribution is 2.33. The third kappa shape index (κ3) is 2.99. The van der Waals surface area contributed by atoms with E-state index < -0.39 is 0 Å². The first-order valence-electron chi connectivity index (χ1n) is 8.33. The molecule has 1 fully saturated rings. The van der Waals surface area contributed by atoms with Crippen molar-refractivity contribution >= 4 is 11.3 Å². The number of aromatic amines is 1. The van der Waals surface area contributed by atoms with Gasteiger partial charge < -0.3 is 4.98 Å². The van der Waals surface area contributed by atoms with E-state index in [1.807, 2.05) is 30.5 Å². The molecule has 4 heterocycles. The molecule has 0 amide bonds. The molecule has 0 radical (unpaired) electrons. The summed E-state index contributed by atoms with van der Waals surface area (Å²) in [7, 11) is 0. The molecule has 0 aromatic carbocycles. The molecule has 0 aliphatic carbocycles. The number of nitrogens with zero attached hydrogens (tertiary/aromatic N) is 4. The number of rotatable bonds is 4. The standard InChI is InChI=1S/C18H21N5S/c1-12-5-9-24-16(12)11-23-8-3-4-15(23)18-21-13(2)10-14(22-18)17-19-6-7-20-17/h5-7,9-10,15H,3-4,8,11H2,1-2H3,(H,19,20)/t15-/m1/s1. The van der Waals surface area contributed by atoms with Crippen molar-refractivity contribution in [3.63, 3.8) is 0 Å². The summed E-state index contributed by atoms with van der Waals surface area (Å²) in [6, 6.07) is 4.48. The van der Waals surface area contributed by atoms with Crippen LogP contribution < -0.4 is 0 Å². The number of thiophene rings is 1. The second kappa shape index (κ2) is 6.45. The first-order valence-corrected chi connectivity index (χ1v) is 9.21. The Morgan fingerprint density at radius 3 is 3.00 bits per heavy atom. The summed E-state index contributed by atoms with van der Waals surface area (Å²) in [5, 5.41) is 2.17. The lowest BCUT2D eigenvalue weighted by Crippen LogP contribution is -2.24. The summed E-state index contributed by atoms with van der Waals surface area (Å²) in [6.07, 6.45) is 5.90. The second-order valence-electron chi connectivity index (χ2n) is 6.35. The quantitative estimate of drug-likeness (QED) is 0.783. The molecule has 0 saturated carbocycles. The summed E-state index contributed by atoms with van der Waals surface area (Å²) in [5.41, 5.74) is 3.25. The predicted octanol–water partition coefficient (Wildman–Crippen LogP) is 3.88. The molecule has 1 aliphatic rings. The fourth-order valence-corrected chi connectivity index (χ4v) is 4.26. The highest BCUT2D eigenvalue weighted by molar-refractivity contribution is 7.10. The topological polar surface area (TPSA) is 57.7 Å². The lowest BCUT2D eigenvalue weighted by atomic mass is 10.2. The Kier molecular flexibility index (Phi) is 4.16. The number of likely N-dealkylation sites (tertiary alicyclic amines) is 1. The smallest absolute Gasteiger partial charge is 0.156 e. The molecule has 3 aromatic rings. The number of nitrogens with one attached hydrogen (secondary N) is 1. The third-order valence-electron chi connectivity index (χ3n) is 4.59. The molecule has 3 aromatic heterocycles. The lowest BCUT2D eigenvalue weighted by Gasteiger charge is -2.23. The van der Waals surface area contributed by atoms with Crippen LogP contribution >= 0.6 is 11.3 Å². The number of H-pyrrole nitrogens is 1. The summed E-state index contributed by atoms with van der Waals surface area (Å²) in [4.78, 5) is 21.0. The van der Waals surface area contributed by atoms with Gasteiger partial charge in [-0.1, -0.05) is 0 Å². The minimum atomic E-state index is 0.292. The third-order valence-corrected chi connectivity index (χ3v) is 5.60. The molecule has 1 atom stereocenters. The maximum atomic E-state index is 4.82. The van der Waals surface area contributed by atoms with Gasteiger partial charge in [-0.15, -0.1) is 11.3 Å². The highest BCUT2D eigenvalue weighted by Gasteiger charge is 2.29. The first-order chi connectivity index (χ1) is 11.7. The van der Waals surface area contributed by atoms with E-state index in [0.717, 1.165) is 42.5 Å². The number of hydrogen-bond donors (Lipinski definition) is 1. The van der Waals surface area contributed by atoms with E-state index in [0.29, 0.717) is 6.04 Å². The Morgan fingerprint density at radius 1 is 1.33 bits per heavy atom. The van der Waals surface area contributed by atoms with Gasteiger partial charge in [-0.25, -0.2) is 15.0 Å². The van der Waals surface area contributed by atoms with Crippen LogP contribution in [-0.4, -0.2) is 31.4 Å². The van der Waals surface area contributed by atoms with Gasteiger partial charge in [-0.2, -0.15) is 0 Å². The predicted molar refractivity (Wildman–Crippen MR) is 95.8 cm³/mol. The van der Waals surface area contributed by atoms with Crippen LogP contribution in [0.1, 0.15) is 40.8 Å². The van der Waals surface area contributed by atoms with Gasteiger partial charge in [0.1, 0.15) is 11.5 Å². The van der Waals surface area contributed by atoms with Gasteiger partial charge in [0.2, 0.25) is 0 Å². The fourth-order valence-electron chi connectivity index (χ4n) is 3.33. The summed E-state index contributed by atoms with van der Waals surface area (Å²) in [5.74, 6) is 1.73. The molecule has 0 unspecified atom stereocenters. The van der Waals surface area contributed by atoms with Crippen molar-refractivity contribution in [1.29, 1.82) is 0 Å². The molecule has 6 heteroatoms. The van der Waals surface area contributed by atoms with Crippen molar-refractivity contribution < 1.29 is 0 Å². The Hall–Kier alpha value is -2.05. The number of hydrogen-bond acceptors (Lipinski definition) is 5. The van der Waals surface area contributed by atoms with Gasteiger partial charge in [0.25, 0.3) is 0 Å². The van der Waals surface area contributed by atoms with Gasteiger partial charge >= 0.3 is 0 Å². The Morgan fingerprint density at radius 2 is 2.25 bits per heavy atom. The Bertz CT molecular complexity index is 824. The average molecular weight is 339 g/mol. The number of imidazole rings is 1. The second-order valence-corrected chi connectivity index (χ2v) is 7.35. The molecule has 1 saturated heterocycles. The van der Waals surface area contributed by atoms with E-state index in [2.05, 4.69) is 33.2 Å². The van der Waals surface area contributed by atoms with Gasteiger partial charge in [0, 0.05) is 29.5 Å². The molecule has 124 valence electrons. The molecule has 5 nitrogen and oxygen atoms in total. The first kappa shape index (κ1) is 15.5. The van der Waals surface area contributed by atoms with Crippen LogP contribution in [0.4, 0.5) is 0 Å². The normalized spacial score (nSPS) is 18.3. The van der Waals surface area contributed by atoms with E-state index >= 15 is 0 Å². The van der Waals surface area contributed by atoms with Gasteiger partial charge in [0.15, 0.2) is 5.82 Å². The SMILES string of the molecule is Cc1cc(-c2ncc[nH]2)nc([C@H]2CCCN2Cc2sccc2C)n1. The van der Waals surface area contributed by atoms with Crippen LogP contribution in [0.25, 0.3) is 11.5 Å². The lowest BCUT2D eigenvalue weighted by molar-refractivity contribution is 0.241. The van der Waals surface area contributed by atoms with Crippen LogP contribution in [-0.2, 0) is 6.54 Å². The van der Waals surface area contributed by atoms with E-state index in [1.54, 1.807) is 6.20 Å². The van der Waals surface area contributed by atoms with Crippen molar-refractivity contribution in [2.45, 2.75) is 39.3 Å². The minimum Gasteiger partial charge on any atom is -0.343 e. The zero-order valence-electron chi connectivity index (χ0n) is 14.0. The zero-order chi connectivity index (χ0) is 16.5. The van der Waals surface area contributed by atoms with Crippen molar-refractivity contribution in [3.05, 3.63) is 51.9 Å². The summed E-state index contributed by atoms with van der Waals surface area (Å²) < 4.78 is 0. The minimum absolute atomic E-state index is 0.292. The number of aromatic nitrogens is 4. The maximum absolute atomic E-state index is 4.82. The van der Waals surface area contributed by atoms with E-state index in [4.69, 9.17) is 9.97 Å². The van der Waals surface area contributed by atoms with Gasteiger partial charge in [-0.05, 0) is 56.3 Å². The van der Waals surface area contributed by atoms with Crippen LogP contribution in [0.2, 0.25) is 0 Å². The number of aryl methyl sites for hydroxylation is 2. The van der Waals surface area contributed by atoms with E-state index in [1.165, 1.54) is 16.9 Å². The Balaban J connectivity index is 1.63. The maximum Gasteiger partial charge on any atom is 0.156 e. The van der Waals surface area contributed by atoms with Gasteiger partial charge in [0.05, 0.1) is 6.04 Å². The molecule has 24 heavy (non-hydrogen) atoms. The summed E-state index contributed by atoms with van der Waals surface area (Å²) >= 11 is 1.84. The monoisotopic (exact) mass is 339 g/mol. The zero-order valence-corrected chi connectivity index (χ0v) is 14.8. The summed E-state index contributed by atoms with van der Waals surface area (Å²) in [6.45, 7) is 6.31. The Labute approximate surface area is 145 Å². The van der Waals surface area contributed by atoms with Crippen LogP contribution in [0.3, 0.4) is 0 Å². The van der Waals surface area contributed by atoms with E-state index in [9.17, 15) is 0 Å². The molecule has 4 rings (SSSR count). The largest absolute Gasteiger partial charge is 0.343 e. The van der Waals surface area contributed by atoms with Crippen LogP contribution in [0.15, 0.2) is 29.9 Å². The highest BCUT2D eigenvalue weighted by atomic mass is 32.1. The molecule has 0 bridgehead atoms. The van der Waals surface area contributed by atoms with Crippen LogP contribution in [0, 0.1) is 13.8 Å². The molecule has 0 spiro atoms. The van der Waals surface area contributed by atoms with Gasteiger partial charge in [-0.3, -0.25) is 4.90 Å². The van der Waals surface area contributed by atoms with E-state index in [-0.39, 0.29) is 0 Å². The van der Waals surface area contributed by atoms with Crippen molar-refractivity contribution in [1.82, 2.24) is 24.8 Å². The van der Waals surface area contributed by atoms with Crippen LogP contribution in [0.5, 0.6) is 0 Å². The fraction of sp³-hybridized carbons (Fsp3) is 0.389. The molecule has 1 N–H and O–H groups in total. The molecule has 1 aliphatic heterocycles.